The average Bonchev–Trinajstić information content (AvgIpc) is 2.52. The Labute approximate surface area is 154 Å². The van der Waals surface area contributed by atoms with Gasteiger partial charge in [-0.25, -0.2) is 0 Å². The van der Waals surface area contributed by atoms with Crippen molar-refractivity contribution in [2.75, 3.05) is 0 Å². The van der Waals surface area contributed by atoms with Crippen LogP contribution in [0.1, 0.15) is 31.9 Å². The fourth-order valence-corrected chi connectivity index (χ4v) is 3.59. The number of hydrogen-bond donors (Lipinski definition) is 1. The third-order valence-electron chi connectivity index (χ3n) is 4.83. The Bertz CT molecular complexity index is 711. The van der Waals surface area contributed by atoms with Gasteiger partial charge in [0.05, 0.1) is 13.2 Å². The van der Waals surface area contributed by atoms with Gasteiger partial charge >= 0.3 is 0 Å². The third-order valence-corrected chi connectivity index (χ3v) is 9.80. The lowest BCUT2D eigenvalue weighted by atomic mass is 9.97. The van der Waals surface area contributed by atoms with Crippen LogP contribution in [0, 0.1) is 0 Å². The van der Waals surface area contributed by atoms with Crippen LogP contribution in [-0.2, 0) is 17.6 Å². The van der Waals surface area contributed by atoms with Crippen LogP contribution in [0.25, 0.3) is 11.1 Å². The number of aromatic nitrogens is 1. The molecule has 0 aliphatic rings. The molecule has 5 heteroatoms. The Hall–Kier alpha value is -1.01. The molecule has 0 aliphatic carbocycles. The van der Waals surface area contributed by atoms with Crippen molar-refractivity contribution >= 4 is 24.2 Å². The molecule has 0 saturated carbocycles. The zero-order valence-electron chi connectivity index (χ0n) is 15.1. The molecule has 0 fully saturated rings. The second kappa shape index (κ2) is 7.48. The number of rotatable bonds is 5. The Balaban J connectivity index is 2.35. The Morgan fingerprint density at radius 2 is 1.79 bits per heavy atom. The van der Waals surface area contributed by atoms with Crippen molar-refractivity contribution in [1.29, 1.82) is 0 Å². The summed E-state index contributed by atoms with van der Waals surface area (Å²) in [7, 11) is -1.83. The van der Waals surface area contributed by atoms with Gasteiger partial charge in [-0.15, -0.1) is 0 Å². The minimum absolute atomic E-state index is 0.000370. The molecule has 0 atom stereocenters. The number of halogens is 1. The molecule has 24 heavy (non-hydrogen) atoms. The van der Waals surface area contributed by atoms with E-state index in [1.165, 1.54) is 0 Å². The van der Waals surface area contributed by atoms with Crippen molar-refractivity contribution in [1.82, 2.24) is 4.98 Å². The van der Waals surface area contributed by atoms with Crippen LogP contribution in [-0.4, -0.2) is 18.4 Å². The van der Waals surface area contributed by atoms with Gasteiger partial charge in [-0.05, 0) is 53.0 Å². The van der Waals surface area contributed by atoms with Crippen LogP contribution in [0.15, 0.2) is 41.1 Å². The highest BCUT2D eigenvalue weighted by molar-refractivity contribution is 9.10. The second-order valence-corrected chi connectivity index (χ2v) is 13.3. The van der Waals surface area contributed by atoms with Crippen molar-refractivity contribution in [3.05, 3.63) is 52.3 Å². The lowest BCUT2D eigenvalue weighted by molar-refractivity contribution is 0.276. The maximum absolute atomic E-state index is 9.70. The van der Waals surface area contributed by atoms with Crippen molar-refractivity contribution in [3.8, 4) is 11.1 Å². The first-order valence-corrected chi connectivity index (χ1v) is 11.8. The molecule has 1 aromatic heterocycles. The number of benzene rings is 1. The number of pyridine rings is 1. The van der Waals surface area contributed by atoms with E-state index >= 15 is 0 Å². The molecule has 1 aromatic carbocycles. The number of nitrogens with zero attached hydrogens (tertiary/aromatic N) is 1. The summed E-state index contributed by atoms with van der Waals surface area (Å²) in [6, 6.07) is 7.97. The zero-order valence-corrected chi connectivity index (χ0v) is 17.6. The Morgan fingerprint density at radius 3 is 2.42 bits per heavy atom. The smallest absolute Gasteiger partial charge is 0.192 e. The van der Waals surface area contributed by atoms with Crippen LogP contribution in [0.4, 0.5) is 0 Å². The highest BCUT2D eigenvalue weighted by atomic mass is 79.9. The number of aliphatic hydroxyl groups is 1. The molecule has 2 aromatic rings. The molecular formula is C19H26BrNO2Si. The fraction of sp³-hybridized carbons (Fsp3) is 0.421. The molecular weight excluding hydrogens is 382 g/mol. The first-order chi connectivity index (χ1) is 11.2. The molecule has 0 amide bonds. The van der Waals surface area contributed by atoms with E-state index in [0.717, 1.165) is 26.7 Å². The maximum atomic E-state index is 9.70. The standard InChI is InChI=1S/C19H26BrNO2Si/c1-19(2,3)24(4,5)23-13-15-11-21-9-8-18(15)17-7-6-16(20)10-14(17)12-22/h6-11,22H,12-13H2,1-5H3. The molecule has 0 saturated heterocycles. The topological polar surface area (TPSA) is 42.4 Å². The van der Waals surface area contributed by atoms with Gasteiger partial charge in [0.15, 0.2) is 8.32 Å². The van der Waals surface area contributed by atoms with Gasteiger partial charge in [-0.3, -0.25) is 4.98 Å². The van der Waals surface area contributed by atoms with Gasteiger partial charge in [0, 0.05) is 22.4 Å². The quantitative estimate of drug-likeness (QED) is 0.662. The summed E-state index contributed by atoms with van der Waals surface area (Å²) in [6.07, 6.45) is 3.65. The molecule has 0 radical (unpaired) electrons. The molecule has 1 N–H and O–H groups in total. The minimum Gasteiger partial charge on any atom is -0.412 e. The summed E-state index contributed by atoms with van der Waals surface area (Å²) in [4.78, 5) is 4.27. The number of aliphatic hydroxyl groups excluding tert-OH is 1. The molecule has 2 rings (SSSR count). The summed E-state index contributed by atoms with van der Waals surface area (Å²) >= 11 is 3.46. The molecule has 0 bridgehead atoms. The summed E-state index contributed by atoms with van der Waals surface area (Å²) in [5.41, 5.74) is 4.04. The molecule has 1 heterocycles. The average molecular weight is 408 g/mol. The van der Waals surface area contributed by atoms with Crippen LogP contribution < -0.4 is 0 Å². The molecule has 0 spiro atoms. The maximum Gasteiger partial charge on any atom is 0.192 e. The summed E-state index contributed by atoms with van der Waals surface area (Å²) in [5.74, 6) is 0. The Kier molecular flexibility index (Phi) is 6.02. The van der Waals surface area contributed by atoms with Gasteiger partial charge in [0.2, 0.25) is 0 Å². The van der Waals surface area contributed by atoms with Crippen LogP contribution in [0.5, 0.6) is 0 Å². The molecule has 130 valence electrons. The molecule has 0 unspecified atom stereocenters. The summed E-state index contributed by atoms with van der Waals surface area (Å²) < 4.78 is 7.33. The van der Waals surface area contributed by atoms with Gasteiger partial charge in [0.25, 0.3) is 0 Å². The largest absolute Gasteiger partial charge is 0.412 e. The van der Waals surface area contributed by atoms with Crippen LogP contribution in [0.2, 0.25) is 18.1 Å². The van der Waals surface area contributed by atoms with E-state index in [-0.39, 0.29) is 11.6 Å². The van der Waals surface area contributed by atoms with E-state index in [0.29, 0.717) is 6.61 Å². The van der Waals surface area contributed by atoms with Crippen molar-refractivity contribution in [3.63, 3.8) is 0 Å². The summed E-state index contributed by atoms with van der Waals surface area (Å²) in [6.45, 7) is 11.8. The fourth-order valence-electron chi connectivity index (χ4n) is 2.24. The van der Waals surface area contributed by atoms with Crippen molar-refractivity contribution < 1.29 is 9.53 Å². The van der Waals surface area contributed by atoms with Gasteiger partial charge in [0.1, 0.15) is 0 Å². The predicted molar refractivity (Wildman–Crippen MR) is 105 cm³/mol. The van der Waals surface area contributed by atoms with Crippen molar-refractivity contribution in [2.45, 2.75) is 52.1 Å². The van der Waals surface area contributed by atoms with Gasteiger partial charge < -0.3 is 9.53 Å². The SMILES string of the molecule is CC(C)(C)[Si](C)(C)OCc1cnccc1-c1ccc(Br)cc1CO. The van der Waals surface area contributed by atoms with E-state index < -0.39 is 8.32 Å². The zero-order chi connectivity index (χ0) is 18.0. The van der Waals surface area contributed by atoms with Crippen molar-refractivity contribution in [2.24, 2.45) is 0 Å². The Morgan fingerprint density at radius 1 is 1.12 bits per heavy atom. The van der Waals surface area contributed by atoms with Gasteiger partial charge in [-0.1, -0.05) is 42.8 Å². The van der Waals surface area contributed by atoms with E-state index in [2.05, 4.69) is 54.8 Å². The van der Waals surface area contributed by atoms with Crippen LogP contribution in [0.3, 0.4) is 0 Å². The number of hydrogen-bond acceptors (Lipinski definition) is 3. The first-order valence-electron chi connectivity index (χ1n) is 8.12. The van der Waals surface area contributed by atoms with E-state index in [9.17, 15) is 5.11 Å². The first kappa shape index (κ1) is 19.3. The van der Waals surface area contributed by atoms with E-state index in [1.807, 2.05) is 30.5 Å². The highest BCUT2D eigenvalue weighted by Gasteiger charge is 2.37. The van der Waals surface area contributed by atoms with E-state index in [4.69, 9.17) is 4.43 Å². The third kappa shape index (κ3) is 4.33. The predicted octanol–water partition coefficient (Wildman–Crippen LogP) is 5.53. The molecule has 3 nitrogen and oxygen atoms in total. The van der Waals surface area contributed by atoms with Gasteiger partial charge in [-0.2, -0.15) is 0 Å². The highest BCUT2D eigenvalue weighted by Crippen LogP contribution is 2.38. The normalized spacial score (nSPS) is 12.5. The van der Waals surface area contributed by atoms with E-state index in [1.54, 1.807) is 6.20 Å². The lowest BCUT2D eigenvalue weighted by Gasteiger charge is -2.36. The summed E-state index contributed by atoms with van der Waals surface area (Å²) in [5, 5.41) is 9.87. The monoisotopic (exact) mass is 407 g/mol. The lowest BCUT2D eigenvalue weighted by Crippen LogP contribution is -2.40. The second-order valence-electron chi connectivity index (χ2n) is 7.54. The van der Waals surface area contributed by atoms with Crippen LogP contribution >= 0.6 is 15.9 Å². The minimum atomic E-state index is -1.83. The molecule has 0 aliphatic heterocycles.